The molecule has 0 aliphatic heterocycles. The summed E-state index contributed by atoms with van der Waals surface area (Å²) in [5, 5.41) is 0. The Kier molecular flexibility index (Phi) is 5.44. The van der Waals surface area contributed by atoms with E-state index in [0.717, 1.165) is 28.0 Å². The zero-order valence-corrected chi connectivity index (χ0v) is 13.0. The number of nitrogens with two attached hydrogens (primary N) is 1. The third kappa shape index (κ3) is 3.74. The molecule has 2 aromatic rings. The van der Waals surface area contributed by atoms with Crippen LogP contribution in [0.25, 0.3) is 0 Å². The van der Waals surface area contributed by atoms with Crippen molar-refractivity contribution in [2.45, 2.75) is 13.0 Å². The Labute approximate surface area is 127 Å². The van der Waals surface area contributed by atoms with Gasteiger partial charge in [-0.1, -0.05) is 24.3 Å². The molecule has 0 aliphatic rings. The summed E-state index contributed by atoms with van der Waals surface area (Å²) in [5.41, 5.74) is 7.94. The Morgan fingerprint density at radius 2 is 1.85 bits per heavy atom. The molecule has 2 aromatic carbocycles. The quantitative estimate of drug-likeness (QED) is 0.878. The average Bonchev–Trinajstić information content (AvgIpc) is 2.49. The van der Waals surface area contributed by atoms with Crippen molar-refractivity contribution in [3.05, 3.63) is 58.1 Å². The fourth-order valence-corrected chi connectivity index (χ4v) is 2.46. The van der Waals surface area contributed by atoms with E-state index in [1.165, 1.54) is 5.56 Å². The maximum Gasteiger partial charge on any atom is 0.137 e. The molecule has 0 radical (unpaired) electrons. The van der Waals surface area contributed by atoms with Crippen LogP contribution in [0.4, 0.5) is 0 Å². The van der Waals surface area contributed by atoms with Crippen molar-refractivity contribution >= 4 is 15.9 Å². The van der Waals surface area contributed by atoms with Gasteiger partial charge in [0.25, 0.3) is 0 Å². The Bertz CT molecular complexity index is 555. The van der Waals surface area contributed by atoms with Crippen molar-refractivity contribution in [3.63, 3.8) is 0 Å². The Hall–Kier alpha value is -1.52. The number of ether oxygens (including phenoxy) is 2. The first kappa shape index (κ1) is 14.9. The second kappa shape index (κ2) is 7.31. The van der Waals surface area contributed by atoms with Crippen LogP contribution < -0.4 is 15.2 Å². The highest BCUT2D eigenvalue weighted by Gasteiger charge is 2.06. The summed E-state index contributed by atoms with van der Waals surface area (Å²) >= 11 is 3.50. The molecular formula is C16H18BrNO2. The maximum absolute atomic E-state index is 5.86. The van der Waals surface area contributed by atoms with E-state index in [1.54, 1.807) is 7.11 Å². The number of benzene rings is 2. The lowest BCUT2D eigenvalue weighted by molar-refractivity contribution is 0.316. The lowest BCUT2D eigenvalue weighted by atomic mass is 10.1. The van der Waals surface area contributed by atoms with Crippen molar-refractivity contribution in [1.29, 1.82) is 0 Å². The van der Waals surface area contributed by atoms with Gasteiger partial charge in [-0.3, -0.25) is 0 Å². The van der Waals surface area contributed by atoms with Crippen LogP contribution in [0, 0.1) is 0 Å². The number of halogens is 1. The first-order valence-electron chi connectivity index (χ1n) is 6.47. The molecule has 3 nitrogen and oxygen atoms in total. The summed E-state index contributed by atoms with van der Waals surface area (Å²) < 4.78 is 11.9. The van der Waals surface area contributed by atoms with Gasteiger partial charge >= 0.3 is 0 Å². The van der Waals surface area contributed by atoms with Crippen LogP contribution in [0.15, 0.2) is 46.9 Å². The topological polar surface area (TPSA) is 44.5 Å². The molecule has 106 valence electrons. The molecule has 2 rings (SSSR count). The van der Waals surface area contributed by atoms with Gasteiger partial charge in [0.05, 0.1) is 18.2 Å². The van der Waals surface area contributed by atoms with Gasteiger partial charge in [0, 0.05) is 18.5 Å². The van der Waals surface area contributed by atoms with Crippen molar-refractivity contribution in [3.8, 4) is 11.5 Å². The largest absolute Gasteiger partial charge is 0.497 e. The van der Waals surface area contributed by atoms with E-state index in [-0.39, 0.29) is 0 Å². The second-order valence-electron chi connectivity index (χ2n) is 4.38. The predicted octanol–water partition coefficient (Wildman–Crippen LogP) is 3.54. The van der Waals surface area contributed by atoms with Gasteiger partial charge in [-0.05, 0) is 39.7 Å². The van der Waals surface area contributed by atoms with E-state index in [0.29, 0.717) is 13.2 Å². The maximum atomic E-state index is 5.86. The summed E-state index contributed by atoms with van der Waals surface area (Å²) in [7, 11) is 1.67. The SMILES string of the molecule is COc1ccc(CCOc2c(Br)cccc2CN)cc1. The standard InChI is InChI=1S/C16H18BrNO2/c1-19-14-7-5-12(6-8-14)9-10-20-16-13(11-18)3-2-4-15(16)17/h2-8H,9-11,18H2,1H3. The summed E-state index contributed by atoms with van der Waals surface area (Å²) in [5.74, 6) is 1.70. The lowest BCUT2D eigenvalue weighted by Crippen LogP contribution is -2.06. The number of para-hydroxylation sites is 1. The normalized spacial score (nSPS) is 10.3. The van der Waals surface area contributed by atoms with E-state index < -0.39 is 0 Å². The molecule has 0 unspecified atom stereocenters. The Morgan fingerprint density at radius 1 is 1.10 bits per heavy atom. The molecule has 0 atom stereocenters. The second-order valence-corrected chi connectivity index (χ2v) is 5.23. The lowest BCUT2D eigenvalue weighted by Gasteiger charge is -2.12. The average molecular weight is 336 g/mol. The minimum atomic E-state index is 0.470. The van der Waals surface area contributed by atoms with Gasteiger partial charge in [-0.15, -0.1) is 0 Å². The first-order valence-corrected chi connectivity index (χ1v) is 7.27. The number of hydrogen-bond donors (Lipinski definition) is 1. The number of hydrogen-bond acceptors (Lipinski definition) is 3. The smallest absolute Gasteiger partial charge is 0.137 e. The van der Waals surface area contributed by atoms with E-state index in [1.807, 2.05) is 42.5 Å². The van der Waals surface area contributed by atoms with Crippen LogP contribution in [-0.2, 0) is 13.0 Å². The third-order valence-corrected chi connectivity index (χ3v) is 3.69. The van der Waals surface area contributed by atoms with E-state index >= 15 is 0 Å². The van der Waals surface area contributed by atoms with Crippen molar-refractivity contribution < 1.29 is 9.47 Å². The molecule has 0 aromatic heterocycles. The van der Waals surface area contributed by atoms with Gasteiger partial charge in [0.2, 0.25) is 0 Å². The number of methoxy groups -OCH3 is 1. The molecule has 0 saturated heterocycles. The Morgan fingerprint density at radius 3 is 2.50 bits per heavy atom. The van der Waals surface area contributed by atoms with E-state index in [9.17, 15) is 0 Å². The van der Waals surface area contributed by atoms with Gasteiger partial charge in [-0.25, -0.2) is 0 Å². The summed E-state index contributed by atoms with van der Waals surface area (Å²) in [6.07, 6.45) is 0.843. The van der Waals surface area contributed by atoms with E-state index in [2.05, 4.69) is 15.9 Å². The molecule has 0 fully saturated rings. The molecule has 0 bridgehead atoms. The zero-order valence-electron chi connectivity index (χ0n) is 11.4. The van der Waals surface area contributed by atoms with Gasteiger partial charge < -0.3 is 15.2 Å². The fraction of sp³-hybridized carbons (Fsp3) is 0.250. The van der Waals surface area contributed by atoms with Crippen molar-refractivity contribution in [1.82, 2.24) is 0 Å². The molecule has 0 aliphatic carbocycles. The summed E-state index contributed by atoms with van der Waals surface area (Å²) in [6.45, 7) is 1.08. The zero-order chi connectivity index (χ0) is 14.4. The van der Waals surface area contributed by atoms with Crippen LogP contribution in [-0.4, -0.2) is 13.7 Å². The molecule has 0 heterocycles. The highest BCUT2D eigenvalue weighted by Crippen LogP contribution is 2.28. The van der Waals surface area contributed by atoms with Gasteiger partial charge in [0.1, 0.15) is 11.5 Å². The molecular weight excluding hydrogens is 318 g/mol. The third-order valence-electron chi connectivity index (χ3n) is 3.06. The molecule has 20 heavy (non-hydrogen) atoms. The van der Waals surface area contributed by atoms with Crippen molar-refractivity contribution in [2.24, 2.45) is 5.73 Å². The molecule has 2 N–H and O–H groups in total. The monoisotopic (exact) mass is 335 g/mol. The van der Waals surface area contributed by atoms with Crippen LogP contribution in [0.5, 0.6) is 11.5 Å². The molecule has 0 saturated carbocycles. The molecule has 0 amide bonds. The van der Waals surface area contributed by atoms with Gasteiger partial charge in [-0.2, -0.15) is 0 Å². The molecule has 4 heteroatoms. The van der Waals surface area contributed by atoms with Crippen LogP contribution in [0.1, 0.15) is 11.1 Å². The van der Waals surface area contributed by atoms with Crippen molar-refractivity contribution in [2.75, 3.05) is 13.7 Å². The molecule has 0 spiro atoms. The van der Waals surface area contributed by atoms with E-state index in [4.69, 9.17) is 15.2 Å². The summed E-state index contributed by atoms with van der Waals surface area (Å²) in [4.78, 5) is 0. The number of rotatable bonds is 6. The van der Waals surface area contributed by atoms with Gasteiger partial charge in [0.15, 0.2) is 0 Å². The first-order chi connectivity index (χ1) is 9.74. The fourth-order valence-electron chi connectivity index (χ4n) is 1.94. The summed E-state index contributed by atoms with van der Waals surface area (Å²) in [6, 6.07) is 13.9. The predicted molar refractivity (Wildman–Crippen MR) is 84.2 cm³/mol. The minimum Gasteiger partial charge on any atom is -0.497 e. The van der Waals surface area contributed by atoms with Crippen LogP contribution in [0.3, 0.4) is 0 Å². The van der Waals surface area contributed by atoms with Crippen LogP contribution in [0.2, 0.25) is 0 Å². The highest BCUT2D eigenvalue weighted by molar-refractivity contribution is 9.10. The van der Waals surface area contributed by atoms with Crippen LogP contribution >= 0.6 is 15.9 Å². The highest BCUT2D eigenvalue weighted by atomic mass is 79.9. The minimum absolute atomic E-state index is 0.470. The Balaban J connectivity index is 1.95.